The van der Waals surface area contributed by atoms with Gasteiger partial charge in [0.25, 0.3) is 0 Å². The number of anilines is 3. The van der Waals surface area contributed by atoms with E-state index in [0.717, 1.165) is 90.8 Å². The predicted octanol–water partition coefficient (Wildman–Crippen LogP) is 4.08. The van der Waals surface area contributed by atoms with Crippen molar-refractivity contribution in [1.29, 1.82) is 0 Å². The second-order valence-electron chi connectivity index (χ2n) is 10.3. The number of ether oxygens (including phenoxy) is 2. The lowest BCUT2D eigenvalue weighted by Crippen LogP contribution is -2.44. The molecule has 0 unspecified atom stereocenters. The molecule has 39 heavy (non-hydrogen) atoms. The van der Waals surface area contributed by atoms with Crippen LogP contribution in [0.15, 0.2) is 48.7 Å². The Kier molecular flexibility index (Phi) is 6.83. The van der Waals surface area contributed by atoms with Crippen LogP contribution >= 0.6 is 0 Å². The number of aryl methyl sites for hydroxylation is 3. The Morgan fingerprint density at radius 2 is 1.72 bits per heavy atom. The van der Waals surface area contributed by atoms with E-state index in [1.165, 1.54) is 11.3 Å². The Morgan fingerprint density at radius 3 is 2.46 bits per heavy atom. The van der Waals surface area contributed by atoms with Crippen molar-refractivity contribution in [2.24, 2.45) is 7.05 Å². The van der Waals surface area contributed by atoms with Crippen LogP contribution in [0.2, 0.25) is 0 Å². The van der Waals surface area contributed by atoms with Gasteiger partial charge in [0.2, 0.25) is 5.95 Å². The van der Waals surface area contributed by atoms with Crippen LogP contribution in [0, 0.1) is 0 Å². The molecule has 0 radical (unpaired) electrons. The number of fused-ring (bicyclic) bond motifs is 3. The van der Waals surface area contributed by atoms with E-state index in [4.69, 9.17) is 19.6 Å². The standard InChI is InChI=1S/C30H35N7O2/c1-35-13-15-37(16-14-35)22-8-12-24(27(18-22)39-4)32-30-31-19-21-7-11-25-28(29(21)33-30)26(36(2)34-25)17-20-5-9-23(38-3)10-6-20/h5-6,8-10,12,18-19H,7,11,13-17H2,1-4H3,(H,31,32,33). The molecule has 2 aromatic heterocycles. The van der Waals surface area contributed by atoms with Gasteiger partial charge in [-0.05, 0) is 55.3 Å². The molecule has 0 spiro atoms. The number of benzene rings is 2. The van der Waals surface area contributed by atoms with Crippen molar-refractivity contribution in [2.75, 3.05) is 57.7 Å². The molecule has 9 heteroatoms. The largest absolute Gasteiger partial charge is 0.497 e. The molecule has 2 aromatic carbocycles. The molecule has 1 aliphatic heterocycles. The minimum atomic E-state index is 0.548. The smallest absolute Gasteiger partial charge is 0.227 e. The van der Waals surface area contributed by atoms with E-state index >= 15 is 0 Å². The molecule has 1 fully saturated rings. The lowest BCUT2D eigenvalue weighted by molar-refractivity contribution is 0.312. The first kappa shape index (κ1) is 25.2. The topological polar surface area (TPSA) is 80.6 Å². The van der Waals surface area contributed by atoms with Gasteiger partial charge in [-0.3, -0.25) is 4.68 Å². The zero-order chi connectivity index (χ0) is 26.9. The third kappa shape index (κ3) is 5.02. The van der Waals surface area contributed by atoms with Crippen LogP contribution in [-0.4, -0.2) is 72.1 Å². The maximum Gasteiger partial charge on any atom is 0.227 e. The van der Waals surface area contributed by atoms with E-state index in [1.54, 1.807) is 14.2 Å². The number of hydrogen-bond acceptors (Lipinski definition) is 8. The molecule has 2 aliphatic rings. The maximum absolute atomic E-state index is 5.77. The fourth-order valence-corrected chi connectivity index (χ4v) is 5.49. The van der Waals surface area contributed by atoms with E-state index in [0.29, 0.717) is 5.95 Å². The summed E-state index contributed by atoms with van der Waals surface area (Å²) < 4.78 is 13.1. The predicted molar refractivity (Wildman–Crippen MR) is 153 cm³/mol. The average molecular weight is 526 g/mol. The summed E-state index contributed by atoms with van der Waals surface area (Å²) in [4.78, 5) is 14.4. The number of aromatic nitrogens is 4. The summed E-state index contributed by atoms with van der Waals surface area (Å²) in [6.45, 7) is 4.13. The number of nitrogens with zero attached hydrogens (tertiary/aromatic N) is 6. The second kappa shape index (κ2) is 10.6. The number of piperazine rings is 1. The molecule has 4 aromatic rings. The molecule has 1 aliphatic carbocycles. The van der Waals surface area contributed by atoms with Crippen LogP contribution in [0.4, 0.5) is 17.3 Å². The third-order valence-corrected chi connectivity index (χ3v) is 7.80. The Morgan fingerprint density at radius 1 is 0.923 bits per heavy atom. The van der Waals surface area contributed by atoms with Gasteiger partial charge in [0.15, 0.2) is 0 Å². The molecule has 0 amide bonds. The third-order valence-electron chi connectivity index (χ3n) is 7.80. The summed E-state index contributed by atoms with van der Waals surface area (Å²) in [5.41, 5.74) is 8.68. The normalized spacial score (nSPS) is 15.0. The van der Waals surface area contributed by atoms with Crippen molar-refractivity contribution in [1.82, 2.24) is 24.6 Å². The monoisotopic (exact) mass is 525 g/mol. The van der Waals surface area contributed by atoms with Crippen molar-refractivity contribution in [3.05, 3.63) is 71.2 Å². The summed E-state index contributed by atoms with van der Waals surface area (Å²) >= 11 is 0. The number of rotatable bonds is 7. The highest BCUT2D eigenvalue weighted by atomic mass is 16.5. The van der Waals surface area contributed by atoms with E-state index in [1.807, 2.05) is 30.1 Å². The lowest BCUT2D eigenvalue weighted by atomic mass is 9.91. The highest BCUT2D eigenvalue weighted by Gasteiger charge is 2.26. The lowest BCUT2D eigenvalue weighted by Gasteiger charge is -2.34. The SMILES string of the molecule is COc1ccc(Cc2c3c(nn2C)CCc2cnc(Nc4ccc(N5CCN(C)CC5)cc4OC)nc2-3)cc1. The van der Waals surface area contributed by atoms with Crippen molar-refractivity contribution in [3.8, 4) is 22.8 Å². The molecular formula is C30H35N7O2. The Hall–Kier alpha value is -4.11. The molecule has 9 nitrogen and oxygen atoms in total. The fourth-order valence-electron chi connectivity index (χ4n) is 5.49. The van der Waals surface area contributed by atoms with Crippen LogP contribution in [0.25, 0.3) is 11.3 Å². The van der Waals surface area contributed by atoms with Crippen LogP contribution in [-0.2, 0) is 26.3 Å². The van der Waals surface area contributed by atoms with Crippen LogP contribution < -0.4 is 19.7 Å². The van der Waals surface area contributed by atoms with Crippen LogP contribution in [0.1, 0.15) is 22.5 Å². The van der Waals surface area contributed by atoms with Crippen LogP contribution in [0.3, 0.4) is 0 Å². The van der Waals surface area contributed by atoms with Gasteiger partial charge in [0, 0.05) is 63.2 Å². The molecule has 6 rings (SSSR count). The summed E-state index contributed by atoms with van der Waals surface area (Å²) in [6.07, 6.45) is 4.47. The molecule has 0 saturated carbocycles. The van der Waals surface area contributed by atoms with Gasteiger partial charge in [-0.25, -0.2) is 9.97 Å². The minimum absolute atomic E-state index is 0.548. The van der Waals surface area contributed by atoms with Gasteiger partial charge in [-0.2, -0.15) is 5.10 Å². The Labute approximate surface area is 229 Å². The van der Waals surface area contributed by atoms with Gasteiger partial charge in [-0.15, -0.1) is 0 Å². The van der Waals surface area contributed by atoms with Crippen molar-refractivity contribution in [2.45, 2.75) is 19.3 Å². The molecule has 3 heterocycles. The summed E-state index contributed by atoms with van der Waals surface area (Å²) in [7, 11) is 7.58. The number of hydrogen-bond donors (Lipinski definition) is 1. The molecule has 1 N–H and O–H groups in total. The molecule has 202 valence electrons. The number of likely N-dealkylation sites (N-methyl/N-ethyl adjacent to an activating group) is 1. The van der Waals surface area contributed by atoms with E-state index in [2.05, 4.69) is 57.5 Å². The Bertz CT molecular complexity index is 1470. The molecular weight excluding hydrogens is 490 g/mol. The first-order chi connectivity index (χ1) is 19.0. The minimum Gasteiger partial charge on any atom is -0.497 e. The Balaban J connectivity index is 1.29. The average Bonchev–Trinajstić information content (AvgIpc) is 3.29. The summed E-state index contributed by atoms with van der Waals surface area (Å²) in [5.74, 6) is 2.17. The first-order valence-corrected chi connectivity index (χ1v) is 13.4. The first-order valence-electron chi connectivity index (χ1n) is 13.4. The maximum atomic E-state index is 5.77. The van der Waals surface area contributed by atoms with E-state index in [-0.39, 0.29) is 0 Å². The van der Waals surface area contributed by atoms with Gasteiger partial charge in [0.05, 0.1) is 37.0 Å². The fraction of sp³-hybridized carbons (Fsp3) is 0.367. The summed E-state index contributed by atoms with van der Waals surface area (Å²) in [6, 6.07) is 14.5. The van der Waals surface area contributed by atoms with E-state index < -0.39 is 0 Å². The van der Waals surface area contributed by atoms with Crippen molar-refractivity contribution in [3.63, 3.8) is 0 Å². The zero-order valence-corrected chi connectivity index (χ0v) is 23.1. The van der Waals surface area contributed by atoms with Crippen molar-refractivity contribution < 1.29 is 9.47 Å². The number of methoxy groups -OCH3 is 2. The van der Waals surface area contributed by atoms with E-state index in [9.17, 15) is 0 Å². The van der Waals surface area contributed by atoms with Crippen molar-refractivity contribution >= 4 is 17.3 Å². The second-order valence-corrected chi connectivity index (χ2v) is 10.3. The van der Waals surface area contributed by atoms with Gasteiger partial charge in [-0.1, -0.05) is 12.1 Å². The summed E-state index contributed by atoms with van der Waals surface area (Å²) in [5, 5.41) is 8.28. The van der Waals surface area contributed by atoms with Crippen LogP contribution in [0.5, 0.6) is 11.5 Å². The molecule has 0 bridgehead atoms. The van der Waals surface area contributed by atoms with Gasteiger partial charge < -0.3 is 24.6 Å². The highest BCUT2D eigenvalue weighted by molar-refractivity contribution is 5.74. The zero-order valence-electron chi connectivity index (χ0n) is 23.1. The van der Waals surface area contributed by atoms with Gasteiger partial charge in [0.1, 0.15) is 11.5 Å². The quantitative estimate of drug-likeness (QED) is 0.387. The highest BCUT2D eigenvalue weighted by Crippen LogP contribution is 2.37. The molecule has 0 atom stereocenters. The van der Waals surface area contributed by atoms with Gasteiger partial charge >= 0.3 is 0 Å². The molecule has 1 saturated heterocycles. The number of nitrogens with one attached hydrogen (secondary N) is 1.